The maximum absolute atomic E-state index is 13.3. The Morgan fingerprint density at radius 3 is 2.74 bits per heavy atom. The molecule has 0 N–H and O–H groups in total. The van der Waals surface area contributed by atoms with Gasteiger partial charge in [-0.15, -0.1) is 0 Å². The summed E-state index contributed by atoms with van der Waals surface area (Å²) in [6.45, 7) is 0. The number of pyridine rings is 1. The summed E-state index contributed by atoms with van der Waals surface area (Å²) in [6, 6.07) is 16.0. The Hall–Kier alpha value is -2.81. The zero-order valence-corrected chi connectivity index (χ0v) is 12.4. The summed E-state index contributed by atoms with van der Waals surface area (Å²) in [7, 11) is 0. The summed E-state index contributed by atoms with van der Waals surface area (Å²) in [4.78, 5) is 17.4. The molecule has 1 aliphatic carbocycles. The molecule has 2 nitrogen and oxygen atoms in total. The lowest BCUT2D eigenvalue weighted by Gasteiger charge is -2.17. The molecular formula is C20H14FNO. The molecule has 4 rings (SSSR count). The fraction of sp³-hybridized carbons (Fsp3) is 0.100. The number of rotatable bonds is 1. The van der Waals surface area contributed by atoms with E-state index in [9.17, 15) is 9.18 Å². The van der Waals surface area contributed by atoms with Gasteiger partial charge in [-0.25, -0.2) is 4.39 Å². The highest BCUT2D eigenvalue weighted by Gasteiger charge is 2.23. The number of carbonyl (C=O) groups is 1. The van der Waals surface area contributed by atoms with Crippen LogP contribution in [0.5, 0.6) is 0 Å². The molecule has 0 fully saturated rings. The van der Waals surface area contributed by atoms with E-state index in [0.717, 1.165) is 23.0 Å². The van der Waals surface area contributed by atoms with Gasteiger partial charge in [-0.3, -0.25) is 9.78 Å². The summed E-state index contributed by atoms with van der Waals surface area (Å²) < 4.78 is 13.3. The predicted molar refractivity (Wildman–Crippen MR) is 88.8 cm³/mol. The van der Waals surface area contributed by atoms with Crippen LogP contribution in [0.15, 0.2) is 60.2 Å². The van der Waals surface area contributed by atoms with Crippen LogP contribution >= 0.6 is 0 Å². The molecule has 0 amide bonds. The topological polar surface area (TPSA) is 30.0 Å². The first kappa shape index (κ1) is 13.8. The zero-order chi connectivity index (χ0) is 15.8. The Labute approximate surface area is 133 Å². The number of allylic oxidation sites excluding steroid dienone is 1. The van der Waals surface area contributed by atoms with Gasteiger partial charge in [-0.2, -0.15) is 0 Å². The number of nitrogens with zero attached hydrogens (tertiary/aromatic N) is 1. The van der Waals surface area contributed by atoms with Gasteiger partial charge in [0.15, 0.2) is 5.78 Å². The summed E-state index contributed by atoms with van der Waals surface area (Å²) in [5, 5.41) is 0.964. The molecule has 1 heterocycles. The van der Waals surface area contributed by atoms with Crippen LogP contribution in [-0.2, 0) is 6.42 Å². The molecule has 1 aliphatic rings. The third-order valence-electron chi connectivity index (χ3n) is 4.16. The highest BCUT2D eigenvalue weighted by molar-refractivity contribution is 6.14. The molecule has 0 unspecified atom stereocenters. The van der Waals surface area contributed by atoms with Crippen LogP contribution in [0, 0.1) is 5.82 Å². The van der Waals surface area contributed by atoms with Crippen molar-refractivity contribution in [3.05, 3.63) is 82.8 Å². The molecule has 2 aromatic carbocycles. The second-order valence-electron chi connectivity index (χ2n) is 5.73. The van der Waals surface area contributed by atoms with E-state index < -0.39 is 0 Å². The molecule has 3 heteroatoms. The number of Topliss-reactive ketones (excluding diaryl/α,β-unsaturated/α-hetero) is 1. The summed E-state index contributed by atoms with van der Waals surface area (Å²) in [5.74, 6) is -0.301. The molecule has 23 heavy (non-hydrogen) atoms. The number of aryl methyl sites for hydroxylation is 1. The van der Waals surface area contributed by atoms with Gasteiger partial charge in [0.2, 0.25) is 0 Å². The zero-order valence-electron chi connectivity index (χ0n) is 12.4. The first-order valence-corrected chi connectivity index (χ1v) is 7.60. The Morgan fingerprint density at radius 1 is 1.00 bits per heavy atom. The summed E-state index contributed by atoms with van der Waals surface area (Å²) >= 11 is 0. The maximum Gasteiger partial charge on any atom is 0.190 e. The van der Waals surface area contributed by atoms with Gasteiger partial charge in [0.1, 0.15) is 5.82 Å². The standard InChI is InChI=1S/C20H14FNO/c21-16-6-3-4-13(11-16)10-15-8-9-19-17(20(15)23)12-14-5-1-2-7-18(14)22-19/h1-7,10-12H,8-9H2/b15-10+. The average Bonchev–Trinajstić information content (AvgIpc) is 2.56. The minimum absolute atomic E-state index is 0.00577. The number of fused-ring (bicyclic) bond motifs is 2. The Morgan fingerprint density at radius 2 is 1.87 bits per heavy atom. The van der Waals surface area contributed by atoms with E-state index in [1.165, 1.54) is 12.1 Å². The van der Waals surface area contributed by atoms with Crippen LogP contribution in [0.4, 0.5) is 4.39 Å². The van der Waals surface area contributed by atoms with Crippen molar-refractivity contribution in [2.75, 3.05) is 0 Å². The van der Waals surface area contributed by atoms with E-state index in [4.69, 9.17) is 0 Å². The first-order valence-electron chi connectivity index (χ1n) is 7.60. The van der Waals surface area contributed by atoms with Gasteiger partial charge >= 0.3 is 0 Å². The second-order valence-corrected chi connectivity index (χ2v) is 5.73. The van der Waals surface area contributed by atoms with Crippen molar-refractivity contribution in [1.29, 1.82) is 0 Å². The molecule has 0 spiro atoms. The van der Waals surface area contributed by atoms with Crippen LogP contribution in [0.2, 0.25) is 0 Å². The van der Waals surface area contributed by atoms with Crippen molar-refractivity contribution in [3.8, 4) is 0 Å². The smallest absolute Gasteiger partial charge is 0.190 e. The molecule has 0 aliphatic heterocycles. The number of hydrogen-bond donors (Lipinski definition) is 0. The number of hydrogen-bond acceptors (Lipinski definition) is 2. The molecule has 0 saturated carbocycles. The lowest BCUT2D eigenvalue weighted by atomic mass is 9.88. The quantitative estimate of drug-likeness (QED) is 0.616. The number of carbonyl (C=O) groups excluding carboxylic acids is 1. The van der Waals surface area contributed by atoms with Gasteiger partial charge in [-0.05, 0) is 48.7 Å². The number of benzene rings is 2. The first-order chi connectivity index (χ1) is 11.2. The van der Waals surface area contributed by atoms with E-state index in [-0.39, 0.29) is 11.6 Å². The summed E-state index contributed by atoms with van der Waals surface area (Å²) in [6.07, 6.45) is 3.14. The van der Waals surface area contributed by atoms with Crippen molar-refractivity contribution in [2.24, 2.45) is 0 Å². The molecular weight excluding hydrogens is 289 g/mol. The molecule has 0 bridgehead atoms. The Balaban J connectivity index is 1.78. The highest BCUT2D eigenvalue weighted by atomic mass is 19.1. The highest BCUT2D eigenvalue weighted by Crippen LogP contribution is 2.28. The number of para-hydroxylation sites is 1. The van der Waals surface area contributed by atoms with E-state index in [0.29, 0.717) is 23.1 Å². The largest absolute Gasteiger partial charge is 0.289 e. The van der Waals surface area contributed by atoms with E-state index in [1.54, 1.807) is 18.2 Å². The third-order valence-corrected chi connectivity index (χ3v) is 4.16. The van der Waals surface area contributed by atoms with Gasteiger partial charge < -0.3 is 0 Å². The molecule has 3 aromatic rings. The van der Waals surface area contributed by atoms with E-state index in [2.05, 4.69) is 4.98 Å². The SMILES string of the molecule is O=C1/C(=C/c2cccc(F)c2)CCc2nc3ccccc3cc21. The van der Waals surface area contributed by atoms with Crippen molar-refractivity contribution in [1.82, 2.24) is 4.98 Å². The molecule has 0 saturated heterocycles. The number of ketones is 1. The van der Waals surface area contributed by atoms with Crippen molar-refractivity contribution < 1.29 is 9.18 Å². The Bertz CT molecular complexity index is 959. The van der Waals surface area contributed by atoms with Gasteiger partial charge in [0, 0.05) is 16.5 Å². The van der Waals surface area contributed by atoms with Crippen LogP contribution in [-0.4, -0.2) is 10.8 Å². The predicted octanol–water partition coefficient (Wildman–Crippen LogP) is 4.59. The normalized spacial score (nSPS) is 15.9. The van der Waals surface area contributed by atoms with Crippen molar-refractivity contribution >= 4 is 22.8 Å². The lowest BCUT2D eigenvalue weighted by molar-refractivity contribution is 0.102. The minimum Gasteiger partial charge on any atom is -0.289 e. The fourth-order valence-electron chi connectivity index (χ4n) is 3.02. The Kier molecular flexibility index (Phi) is 3.27. The van der Waals surface area contributed by atoms with Crippen molar-refractivity contribution in [3.63, 3.8) is 0 Å². The maximum atomic E-state index is 13.3. The summed E-state index contributed by atoms with van der Waals surface area (Å²) in [5.41, 5.74) is 3.85. The molecule has 0 atom stereocenters. The van der Waals surface area contributed by atoms with Crippen LogP contribution in [0.25, 0.3) is 17.0 Å². The van der Waals surface area contributed by atoms with Crippen LogP contribution in [0.1, 0.15) is 28.0 Å². The van der Waals surface area contributed by atoms with Gasteiger partial charge in [-0.1, -0.05) is 30.3 Å². The number of halogens is 1. The average molecular weight is 303 g/mol. The lowest BCUT2D eigenvalue weighted by Crippen LogP contribution is -2.15. The minimum atomic E-state index is -0.296. The van der Waals surface area contributed by atoms with Crippen molar-refractivity contribution in [2.45, 2.75) is 12.8 Å². The molecule has 112 valence electrons. The third kappa shape index (κ3) is 2.55. The van der Waals surface area contributed by atoms with E-state index >= 15 is 0 Å². The molecule has 1 aromatic heterocycles. The van der Waals surface area contributed by atoms with Gasteiger partial charge in [0.25, 0.3) is 0 Å². The second kappa shape index (κ2) is 5.43. The van der Waals surface area contributed by atoms with E-state index in [1.807, 2.05) is 30.3 Å². The number of aromatic nitrogens is 1. The monoisotopic (exact) mass is 303 g/mol. The van der Waals surface area contributed by atoms with Crippen LogP contribution < -0.4 is 0 Å². The van der Waals surface area contributed by atoms with Gasteiger partial charge in [0.05, 0.1) is 11.2 Å². The van der Waals surface area contributed by atoms with Crippen LogP contribution in [0.3, 0.4) is 0 Å². The fourth-order valence-corrected chi connectivity index (χ4v) is 3.02. The molecule has 0 radical (unpaired) electrons.